The van der Waals surface area contributed by atoms with Gasteiger partial charge in [0, 0.05) is 18.8 Å². The minimum Gasteiger partial charge on any atom is -0.478 e. The second-order valence-corrected chi connectivity index (χ2v) is 5.23. The summed E-state index contributed by atoms with van der Waals surface area (Å²) in [4.78, 5) is 15.6. The van der Waals surface area contributed by atoms with E-state index >= 15 is 0 Å². The van der Waals surface area contributed by atoms with E-state index in [1.807, 2.05) is 13.8 Å². The van der Waals surface area contributed by atoms with Crippen molar-refractivity contribution in [3.63, 3.8) is 0 Å². The maximum Gasteiger partial charge on any atom is 0.339 e. The maximum absolute atomic E-state index is 11.4. The zero-order valence-electron chi connectivity index (χ0n) is 12.2. The lowest BCUT2D eigenvalue weighted by molar-refractivity contribution is 0.0697. The Balaban J connectivity index is 2.59. The number of aromatic carboxylic acids is 1. The van der Waals surface area contributed by atoms with Gasteiger partial charge in [-0.2, -0.15) is 5.10 Å². The van der Waals surface area contributed by atoms with E-state index in [1.165, 1.54) is 6.20 Å². The Kier molecular flexibility index (Phi) is 3.92. The van der Waals surface area contributed by atoms with E-state index in [-0.39, 0.29) is 11.6 Å². The molecular weight excluding hydrogens is 256 g/mol. The van der Waals surface area contributed by atoms with Crippen molar-refractivity contribution in [3.05, 3.63) is 18.0 Å². The van der Waals surface area contributed by atoms with E-state index in [0.717, 1.165) is 5.39 Å². The number of hydrogen-bond acceptors (Lipinski definition) is 4. The average Bonchev–Trinajstić information content (AvgIpc) is 2.81. The van der Waals surface area contributed by atoms with Gasteiger partial charge >= 0.3 is 5.97 Å². The van der Waals surface area contributed by atoms with Gasteiger partial charge in [0.1, 0.15) is 5.56 Å². The summed E-state index contributed by atoms with van der Waals surface area (Å²) in [6.45, 7) is 8.88. The first-order valence-electron chi connectivity index (χ1n) is 6.80. The number of aromatic nitrogens is 3. The van der Waals surface area contributed by atoms with Gasteiger partial charge in [0.25, 0.3) is 0 Å². The largest absolute Gasteiger partial charge is 0.478 e. The number of fused-ring (bicyclic) bond motifs is 1. The van der Waals surface area contributed by atoms with Gasteiger partial charge in [-0.15, -0.1) is 0 Å². The van der Waals surface area contributed by atoms with E-state index in [4.69, 9.17) is 0 Å². The van der Waals surface area contributed by atoms with Crippen molar-refractivity contribution in [2.75, 3.05) is 5.32 Å². The third-order valence-corrected chi connectivity index (χ3v) is 3.57. The Labute approximate surface area is 117 Å². The second-order valence-electron chi connectivity index (χ2n) is 5.23. The van der Waals surface area contributed by atoms with Crippen molar-refractivity contribution in [1.82, 2.24) is 14.8 Å². The summed E-state index contributed by atoms with van der Waals surface area (Å²) >= 11 is 0. The van der Waals surface area contributed by atoms with Gasteiger partial charge < -0.3 is 10.4 Å². The molecule has 0 saturated carbocycles. The van der Waals surface area contributed by atoms with Gasteiger partial charge in [0.05, 0.1) is 17.3 Å². The van der Waals surface area contributed by atoms with Gasteiger partial charge in [-0.25, -0.2) is 14.5 Å². The number of pyridine rings is 1. The molecule has 0 aliphatic heterocycles. The highest BCUT2D eigenvalue weighted by Gasteiger charge is 2.19. The molecule has 0 aliphatic rings. The molecule has 0 bridgehead atoms. The predicted molar refractivity (Wildman–Crippen MR) is 78.1 cm³/mol. The Morgan fingerprint density at radius 3 is 2.65 bits per heavy atom. The van der Waals surface area contributed by atoms with Crippen LogP contribution in [-0.4, -0.2) is 31.9 Å². The SMILES string of the molecule is CCn1ncc2c(N[C@H](C)C(C)C)c(C(=O)O)cnc21. The van der Waals surface area contributed by atoms with Crippen LogP contribution in [0.2, 0.25) is 0 Å². The standard InChI is InChI=1S/C14H20N4O2/c1-5-18-13-10(7-16-18)12(17-9(4)8(2)3)11(6-15-13)14(19)20/h6-9H,5H2,1-4H3,(H,15,17)(H,19,20)/t9-/m1/s1. The smallest absolute Gasteiger partial charge is 0.339 e. The first kappa shape index (κ1) is 14.3. The monoisotopic (exact) mass is 276 g/mol. The summed E-state index contributed by atoms with van der Waals surface area (Å²) in [6, 6.07) is 0.156. The minimum atomic E-state index is -0.984. The fourth-order valence-electron chi connectivity index (χ4n) is 1.97. The minimum absolute atomic E-state index is 0.156. The summed E-state index contributed by atoms with van der Waals surface area (Å²) < 4.78 is 1.76. The van der Waals surface area contributed by atoms with Crippen LogP contribution in [0, 0.1) is 5.92 Å². The zero-order chi connectivity index (χ0) is 14.9. The molecule has 0 amide bonds. The fraction of sp³-hybridized carbons (Fsp3) is 0.500. The van der Waals surface area contributed by atoms with Crippen LogP contribution in [0.4, 0.5) is 5.69 Å². The Morgan fingerprint density at radius 1 is 1.40 bits per heavy atom. The lowest BCUT2D eigenvalue weighted by atomic mass is 10.0. The molecule has 0 aromatic carbocycles. The van der Waals surface area contributed by atoms with E-state index in [0.29, 0.717) is 23.8 Å². The molecule has 2 aromatic heterocycles. The normalized spacial score (nSPS) is 12.8. The highest BCUT2D eigenvalue weighted by Crippen LogP contribution is 2.27. The second kappa shape index (κ2) is 5.48. The molecular formula is C14H20N4O2. The molecule has 2 aromatic rings. The number of carboxylic acids is 1. The van der Waals surface area contributed by atoms with Crippen LogP contribution in [0.1, 0.15) is 38.1 Å². The third-order valence-electron chi connectivity index (χ3n) is 3.57. The number of nitrogens with zero attached hydrogens (tertiary/aromatic N) is 3. The summed E-state index contributed by atoms with van der Waals surface area (Å²) in [5, 5.41) is 17.6. The first-order chi connectivity index (χ1) is 9.45. The molecule has 0 aliphatic carbocycles. The number of carboxylic acid groups (broad SMARTS) is 1. The molecule has 2 N–H and O–H groups in total. The van der Waals surface area contributed by atoms with Crippen LogP contribution < -0.4 is 5.32 Å². The van der Waals surface area contributed by atoms with Crippen LogP contribution >= 0.6 is 0 Å². The van der Waals surface area contributed by atoms with Crippen molar-refractivity contribution >= 4 is 22.7 Å². The van der Waals surface area contributed by atoms with Crippen molar-refractivity contribution in [1.29, 1.82) is 0 Å². The lowest BCUT2D eigenvalue weighted by Gasteiger charge is -2.20. The molecule has 0 saturated heterocycles. The van der Waals surface area contributed by atoms with Crippen LogP contribution in [-0.2, 0) is 6.54 Å². The summed E-state index contributed by atoms with van der Waals surface area (Å²) in [5.41, 5.74) is 1.49. The summed E-state index contributed by atoms with van der Waals surface area (Å²) in [6.07, 6.45) is 3.07. The van der Waals surface area contributed by atoms with Crippen LogP contribution in [0.5, 0.6) is 0 Å². The Hall–Kier alpha value is -2.11. The number of hydrogen-bond donors (Lipinski definition) is 2. The molecule has 1 atom stereocenters. The van der Waals surface area contributed by atoms with Gasteiger partial charge in [-0.05, 0) is 19.8 Å². The summed E-state index contributed by atoms with van der Waals surface area (Å²) in [5.74, 6) is -0.594. The van der Waals surface area contributed by atoms with Crippen molar-refractivity contribution < 1.29 is 9.90 Å². The number of rotatable bonds is 5. The van der Waals surface area contributed by atoms with E-state index in [1.54, 1.807) is 10.9 Å². The van der Waals surface area contributed by atoms with Gasteiger partial charge in [0.15, 0.2) is 5.65 Å². The third kappa shape index (κ3) is 2.45. The molecule has 0 fully saturated rings. The van der Waals surface area contributed by atoms with Crippen molar-refractivity contribution in [3.8, 4) is 0 Å². The number of nitrogens with one attached hydrogen (secondary N) is 1. The van der Waals surface area contributed by atoms with Crippen LogP contribution in [0.25, 0.3) is 11.0 Å². The van der Waals surface area contributed by atoms with Crippen LogP contribution in [0.15, 0.2) is 12.4 Å². The topological polar surface area (TPSA) is 80.0 Å². The Bertz CT molecular complexity index is 633. The van der Waals surface area contributed by atoms with Gasteiger partial charge in [-0.1, -0.05) is 13.8 Å². The number of anilines is 1. The van der Waals surface area contributed by atoms with E-state index < -0.39 is 5.97 Å². The highest BCUT2D eigenvalue weighted by atomic mass is 16.4. The molecule has 2 heterocycles. The average molecular weight is 276 g/mol. The van der Waals surface area contributed by atoms with Crippen LogP contribution in [0.3, 0.4) is 0 Å². The maximum atomic E-state index is 11.4. The Morgan fingerprint density at radius 2 is 2.10 bits per heavy atom. The fourth-order valence-corrected chi connectivity index (χ4v) is 1.97. The van der Waals surface area contributed by atoms with E-state index in [9.17, 15) is 9.90 Å². The van der Waals surface area contributed by atoms with Crippen molar-refractivity contribution in [2.45, 2.75) is 40.3 Å². The highest BCUT2D eigenvalue weighted by molar-refractivity contribution is 6.03. The quantitative estimate of drug-likeness (QED) is 0.877. The number of aryl methyl sites for hydroxylation is 1. The molecule has 108 valence electrons. The number of carbonyl (C=O) groups is 1. The first-order valence-corrected chi connectivity index (χ1v) is 6.80. The molecule has 2 rings (SSSR count). The zero-order valence-corrected chi connectivity index (χ0v) is 12.2. The molecule has 0 spiro atoms. The lowest BCUT2D eigenvalue weighted by Crippen LogP contribution is -2.23. The van der Waals surface area contributed by atoms with Crippen molar-refractivity contribution in [2.24, 2.45) is 5.92 Å². The summed E-state index contributed by atoms with van der Waals surface area (Å²) in [7, 11) is 0. The molecule has 20 heavy (non-hydrogen) atoms. The molecule has 0 radical (unpaired) electrons. The molecule has 0 unspecified atom stereocenters. The molecule has 6 nitrogen and oxygen atoms in total. The molecule has 6 heteroatoms. The van der Waals surface area contributed by atoms with E-state index in [2.05, 4.69) is 29.2 Å². The van der Waals surface area contributed by atoms with Gasteiger partial charge in [0.2, 0.25) is 0 Å². The predicted octanol–water partition coefficient (Wildman–Crippen LogP) is 2.61. The van der Waals surface area contributed by atoms with Gasteiger partial charge in [-0.3, -0.25) is 0 Å².